The zero-order valence-corrected chi connectivity index (χ0v) is 19.1. The molecule has 1 heterocycles. The van der Waals surface area contributed by atoms with Crippen LogP contribution >= 0.6 is 15.9 Å². The van der Waals surface area contributed by atoms with Gasteiger partial charge < -0.3 is 10.6 Å². The van der Waals surface area contributed by atoms with Crippen LogP contribution in [-0.2, 0) is 9.59 Å². The minimum atomic E-state index is -0.454. The third-order valence-electron chi connectivity index (χ3n) is 7.45. The van der Waals surface area contributed by atoms with Gasteiger partial charge in [-0.1, -0.05) is 60.5 Å². The molecule has 2 spiro atoms. The summed E-state index contributed by atoms with van der Waals surface area (Å²) in [6.07, 6.45) is 13.7. The molecule has 0 bridgehead atoms. The van der Waals surface area contributed by atoms with E-state index >= 15 is 0 Å². The molecule has 4 nitrogen and oxygen atoms in total. The van der Waals surface area contributed by atoms with Gasteiger partial charge in [-0.05, 0) is 63.1 Å². The number of benzene rings is 1. The second kappa shape index (κ2) is 8.50. The molecule has 0 unspecified atom stereocenters. The number of rotatable bonds is 3. The van der Waals surface area contributed by atoms with Crippen LogP contribution in [0, 0.1) is 12.8 Å². The topological polar surface area (TPSA) is 58.2 Å². The van der Waals surface area contributed by atoms with Crippen LogP contribution in [0.5, 0.6) is 0 Å². The minimum Gasteiger partial charge on any atom is -0.319 e. The highest BCUT2D eigenvalue weighted by Gasteiger charge is 2.50. The van der Waals surface area contributed by atoms with E-state index in [1.54, 1.807) is 0 Å². The molecule has 1 aliphatic heterocycles. The second-order valence-electron chi connectivity index (χ2n) is 9.69. The van der Waals surface area contributed by atoms with Gasteiger partial charge in [0.15, 0.2) is 0 Å². The average Bonchev–Trinajstić information content (AvgIpc) is 2.70. The van der Waals surface area contributed by atoms with Gasteiger partial charge in [0.25, 0.3) is 5.91 Å². The molecule has 1 aromatic carbocycles. The summed E-state index contributed by atoms with van der Waals surface area (Å²) in [5.74, 6) is -0.844. The van der Waals surface area contributed by atoms with Crippen LogP contribution in [0.15, 0.2) is 22.7 Å². The van der Waals surface area contributed by atoms with Gasteiger partial charge in [-0.3, -0.25) is 9.59 Å². The van der Waals surface area contributed by atoms with Gasteiger partial charge in [0.2, 0.25) is 5.78 Å². The normalized spacial score (nSPS) is 25.7. The number of aryl methyl sites for hydroxylation is 1. The molecule has 4 rings (SSSR count). The van der Waals surface area contributed by atoms with Gasteiger partial charge in [0.05, 0.1) is 0 Å². The first-order valence-corrected chi connectivity index (χ1v) is 12.1. The maximum Gasteiger partial charge on any atom is 0.292 e. The summed E-state index contributed by atoms with van der Waals surface area (Å²) < 4.78 is 0.937. The molecule has 5 heteroatoms. The van der Waals surface area contributed by atoms with Crippen molar-refractivity contribution in [3.8, 4) is 0 Å². The molecule has 29 heavy (non-hydrogen) atoms. The van der Waals surface area contributed by atoms with E-state index < -0.39 is 5.91 Å². The Morgan fingerprint density at radius 1 is 0.966 bits per heavy atom. The molecule has 2 N–H and O–H groups in total. The minimum absolute atomic E-state index is 0.0569. The molecule has 2 saturated carbocycles. The number of nitrogens with one attached hydrogen (secondary N) is 2. The Labute approximate surface area is 182 Å². The monoisotopic (exact) mass is 460 g/mol. The Bertz CT molecular complexity index is 753. The third-order valence-corrected chi connectivity index (χ3v) is 8.30. The second-order valence-corrected chi connectivity index (χ2v) is 10.5. The summed E-state index contributed by atoms with van der Waals surface area (Å²) in [6.45, 7) is 2.00. The number of anilines is 1. The fourth-order valence-electron chi connectivity index (χ4n) is 6.03. The zero-order chi connectivity index (χ0) is 20.5. The molecular weight excluding hydrogens is 428 g/mol. The summed E-state index contributed by atoms with van der Waals surface area (Å²) in [6, 6.07) is 5.68. The van der Waals surface area contributed by atoms with Crippen molar-refractivity contribution in [2.75, 3.05) is 5.32 Å². The van der Waals surface area contributed by atoms with E-state index in [0.717, 1.165) is 48.6 Å². The molecule has 3 fully saturated rings. The molecule has 0 atom stereocenters. The first kappa shape index (κ1) is 21.0. The van der Waals surface area contributed by atoms with Gasteiger partial charge >= 0.3 is 0 Å². The molecule has 0 aromatic heterocycles. The van der Waals surface area contributed by atoms with Crippen LogP contribution in [0.25, 0.3) is 0 Å². The van der Waals surface area contributed by atoms with Gasteiger partial charge in [0.1, 0.15) is 0 Å². The summed E-state index contributed by atoms with van der Waals surface area (Å²) >= 11 is 3.50. The quantitative estimate of drug-likeness (QED) is 0.571. The summed E-state index contributed by atoms with van der Waals surface area (Å²) in [5.41, 5.74) is 1.89. The predicted molar refractivity (Wildman–Crippen MR) is 120 cm³/mol. The lowest BCUT2D eigenvalue weighted by Gasteiger charge is -2.55. The number of halogens is 1. The Morgan fingerprint density at radius 3 is 2.03 bits per heavy atom. The van der Waals surface area contributed by atoms with Crippen molar-refractivity contribution >= 4 is 33.3 Å². The highest BCUT2D eigenvalue weighted by atomic mass is 79.9. The number of carbonyl (C=O) groups is 2. The molecule has 1 amide bonds. The average molecular weight is 461 g/mol. The van der Waals surface area contributed by atoms with Crippen LogP contribution in [0.4, 0.5) is 5.69 Å². The maximum atomic E-state index is 13.3. The first-order chi connectivity index (χ1) is 13.9. The smallest absolute Gasteiger partial charge is 0.292 e. The Hall–Kier alpha value is -1.20. The molecule has 1 aromatic rings. The van der Waals surface area contributed by atoms with Crippen molar-refractivity contribution in [2.24, 2.45) is 5.92 Å². The van der Waals surface area contributed by atoms with Crippen LogP contribution in [0.3, 0.4) is 0 Å². The molecule has 2 aliphatic carbocycles. The lowest BCUT2D eigenvalue weighted by molar-refractivity contribution is -0.140. The number of ketones is 1. The van der Waals surface area contributed by atoms with E-state index in [-0.39, 0.29) is 22.8 Å². The SMILES string of the molecule is Cc1ccc(NC(=O)C(=O)C2CC3(CCCCC3)NC3(CCCCC3)C2)cc1Br. The lowest BCUT2D eigenvalue weighted by Crippen LogP contribution is -2.65. The third kappa shape index (κ3) is 4.61. The maximum absolute atomic E-state index is 13.3. The fourth-order valence-corrected chi connectivity index (χ4v) is 6.41. The summed E-state index contributed by atoms with van der Waals surface area (Å²) in [7, 11) is 0. The van der Waals surface area contributed by atoms with Crippen molar-refractivity contribution in [3.05, 3.63) is 28.2 Å². The molecule has 158 valence electrons. The molecular formula is C24H33BrN2O2. The summed E-state index contributed by atoms with van der Waals surface area (Å²) in [4.78, 5) is 26.1. The van der Waals surface area contributed by atoms with E-state index in [4.69, 9.17) is 0 Å². The highest BCUT2D eigenvalue weighted by Crippen LogP contribution is 2.46. The predicted octanol–water partition coefficient (Wildman–Crippen LogP) is 5.67. The van der Waals surface area contributed by atoms with Crippen molar-refractivity contribution in [2.45, 2.75) is 95.1 Å². The molecule has 3 aliphatic rings. The Morgan fingerprint density at radius 2 is 1.52 bits per heavy atom. The zero-order valence-electron chi connectivity index (χ0n) is 17.5. The van der Waals surface area contributed by atoms with Crippen LogP contribution < -0.4 is 10.6 Å². The largest absolute Gasteiger partial charge is 0.319 e. The fraction of sp³-hybridized carbons (Fsp3) is 0.667. The molecule has 1 saturated heterocycles. The van der Waals surface area contributed by atoms with Gasteiger partial charge in [0, 0.05) is 27.2 Å². The number of hydrogen-bond acceptors (Lipinski definition) is 3. The number of amides is 1. The lowest BCUT2D eigenvalue weighted by atomic mass is 9.63. The number of Topliss-reactive ketones (excluding diaryl/α,β-unsaturated/α-hetero) is 1. The van der Waals surface area contributed by atoms with Crippen molar-refractivity contribution in [3.63, 3.8) is 0 Å². The number of carbonyl (C=O) groups excluding carboxylic acids is 2. The van der Waals surface area contributed by atoms with Crippen molar-refractivity contribution in [1.82, 2.24) is 5.32 Å². The van der Waals surface area contributed by atoms with Crippen LogP contribution in [0.2, 0.25) is 0 Å². The first-order valence-electron chi connectivity index (χ1n) is 11.3. The van der Waals surface area contributed by atoms with Crippen molar-refractivity contribution in [1.29, 1.82) is 0 Å². The summed E-state index contributed by atoms with van der Waals surface area (Å²) in [5, 5.41) is 6.93. The highest BCUT2D eigenvalue weighted by molar-refractivity contribution is 9.10. The van der Waals surface area contributed by atoms with Gasteiger partial charge in [-0.2, -0.15) is 0 Å². The van der Waals surface area contributed by atoms with Crippen LogP contribution in [0.1, 0.15) is 82.6 Å². The van der Waals surface area contributed by atoms with Gasteiger partial charge in [-0.15, -0.1) is 0 Å². The van der Waals surface area contributed by atoms with Crippen molar-refractivity contribution < 1.29 is 9.59 Å². The van der Waals surface area contributed by atoms with E-state index in [0.29, 0.717) is 5.69 Å². The van der Waals surface area contributed by atoms with E-state index in [1.807, 2.05) is 25.1 Å². The van der Waals surface area contributed by atoms with Crippen LogP contribution in [-0.4, -0.2) is 22.8 Å². The van der Waals surface area contributed by atoms with E-state index in [9.17, 15) is 9.59 Å². The number of piperidine rings is 1. The standard InChI is InChI=1S/C24H33BrN2O2/c1-17-8-9-19(14-20(17)25)26-22(29)21(28)18-15-23(10-4-2-5-11-23)27-24(16-18)12-6-3-7-13-24/h8-9,14,18,27H,2-7,10-13,15-16H2,1H3,(H,26,29). The van der Waals surface area contributed by atoms with E-state index in [2.05, 4.69) is 26.6 Å². The molecule has 0 radical (unpaired) electrons. The van der Waals surface area contributed by atoms with E-state index in [1.165, 1.54) is 38.5 Å². The Balaban J connectivity index is 1.52. The van der Waals surface area contributed by atoms with Gasteiger partial charge in [-0.25, -0.2) is 0 Å². The number of hydrogen-bond donors (Lipinski definition) is 2. The Kier molecular flexibility index (Phi) is 6.17.